The minimum Gasteiger partial charge on any atom is -0.316 e. The molecule has 2 heteroatoms. The van der Waals surface area contributed by atoms with Crippen LogP contribution in [0.5, 0.6) is 0 Å². The highest BCUT2D eigenvalue weighted by atomic mass is 127. The van der Waals surface area contributed by atoms with Gasteiger partial charge >= 0.3 is 0 Å². The van der Waals surface area contributed by atoms with Gasteiger partial charge in [-0.15, -0.1) is 0 Å². The number of halogens is 1. The highest BCUT2D eigenvalue weighted by Crippen LogP contribution is 2.02. The van der Waals surface area contributed by atoms with Crippen LogP contribution in [-0.4, -0.2) is 17.5 Å². The summed E-state index contributed by atoms with van der Waals surface area (Å²) in [4.78, 5) is 0. The van der Waals surface area contributed by atoms with Crippen LogP contribution in [0.4, 0.5) is 0 Å². The summed E-state index contributed by atoms with van der Waals surface area (Å²) in [6.45, 7) is 6.91. The molecule has 0 amide bonds. The van der Waals surface area contributed by atoms with Gasteiger partial charge in [-0.2, -0.15) is 0 Å². The zero-order chi connectivity index (χ0) is 7.82. The summed E-state index contributed by atoms with van der Waals surface area (Å²) in [6, 6.07) is 0. The molecule has 0 saturated carbocycles. The lowest BCUT2D eigenvalue weighted by Gasteiger charge is -2.09. The molecular formula is C8H18IN. The molecule has 1 unspecified atom stereocenters. The molecule has 1 N–H and O–H groups in total. The van der Waals surface area contributed by atoms with Crippen LogP contribution in [0, 0.1) is 5.92 Å². The Kier molecular flexibility index (Phi) is 8.33. The number of alkyl halides is 1. The molecule has 0 aromatic heterocycles. The van der Waals surface area contributed by atoms with Crippen LogP contribution in [-0.2, 0) is 0 Å². The van der Waals surface area contributed by atoms with Gasteiger partial charge in [0.2, 0.25) is 0 Å². The summed E-state index contributed by atoms with van der Waals surface area (Å²) < 4.78 is 1.22. The summed E-state index contributed by atoms with van der Waals surface area (Å²) in [5.74, 6) is 0.855. The van der Waals surface area contributed by atoms with E-state index in [1.54, 1.807) is 0 Å². The predicted octanol–water partition coefficient (Wildman–Crippen LogP) is 2.45. The largest absolute Gasteiger partial charge is 0.316 e. The van der Waals surface area contributed by atoms with E-state index in [1.807, 2.05) is 0 Å². The van der Waals surface area contributed by atoms with Crippen LogP contribution >= 0.6 is 22.6 Å². The minimum atomic E-state index is 0.855. The fourth-order valence-electron chi connectivity index (χ4n) is 1.01. The van der Waals surface area contributed by atoms with Gasteiger partial charge in [-0.05, 0) is 18.9 Å². The molecule has 0 fully saturated rings. The number of hydrogen-bond acceptors (Lipinski definition) is 1. The summed E-state index contributed by atoms with van der Waals surface area (Å²) in [5.41, 5.74) is 0. The Morgan fingerprint density at radius 1 is 1.50 bits per heavy atom. The first-order valence-electron chi connectivity index (χ1n) is 4.08. The molecular weight excluding hydrogens is 237 g/mol. The van der Waals surface area contributed by atoms with Gasteiger partial charge in [0, 0.05) is 11.0 Å². The second-order valence-electron chi connectivity index (χ2n) is 2.79. The zero-order valence-electron chi connectivity index (χ0n) is 6.99. The molecule has 0 spiro atoms. The highest BCUT2D eigenvalue weighted by Gasteiger charge is 1.97. The van der Waals surface area contributed by atoms with Crippen molar-refractivity contribution in [2.75, 3.05) is 17.5 Å². The average Bonchev–Trinajstić information content (AvgIpc) is 1.89. The van der Waals surface area contributed by atoms with Crippen molar-refractivity contribution in [2.24, 2.45) is 5.92 Å². The summed E-state index contributed by atoms with van der Waals surface area (Å²) in [7, 11) is 0. The second-order valence-corrected chi connectivity index (χ2v) is 3.87. The van der Waals surface area contributed by atoms with Gasteiger partial charge < -0.3 is 5.32 Å². The van der Waals surface area contributed by atoms with Crippen molar-refractivity contribution >= 4 is 22.6 Å². The van der Waals surface area contributed by atoms with Gasteiger partial charge in [-0.1, -0.05) is 42.9 Å². The van der Waals surface area contributed by atoms with Crippen LogP contribution < -0.4 is 5.32 Å². The van der Waals surface area contributed by atoms with Crippen molar-refractivity contribution in [3.05, 3.63) is 0 Å². The van der Waals surface area contributed by atoms with Gasteiger partial charge in [0.15, 0.2) is 0 Å². The number of rotatable bonds is 6. The van der Waals surface area contributed by atoms with Crippen LogP contribution in [0.15, 0.2) is 0 Å². The molecule has 0 radical (unpaired) electrons. The summed E-state index contributed by atoms with van der Waals surface area (Å²) in [6.07, 6.45) is 2.67. The van der Waals surface area contributed by atoms with E-state index in [-0.39, 0.29) is 0 Å². The smallest absolute Gasteiger partial charge is 0.0121 e. The Bertz CT molecular complexity index is 66.3. The van der Waals surface area contributed by atoms with Gasteiger partial charge in [0.25, 0.3) is 0 Å². The third kappa shape index (κ3) is 6.81. The van der Waals surface area contributed by atoms with E-state index in [0.717, 1.165) is 12.5 Å². The monoisotopic (exact) mass is 255 g/mol. The van der Waals surface area contributed by atoms with Crippen molar-refractivity contribution in [1.29, 1.82) is 0 Å². The molecule has 0 bridgehead atoms. The Morgan fingerprint density at radius 2 is 2.20 bits per heavy atom. The maximum Gasteiger partial charge on any atom is 0.0121 e. The first-order chi connectivity index (χ1) is 4.81. The van der Waals surface area contributed by atoms with E-state index in [2.05, 4.69) is 41.8 Å². The molecule has 0 rings (SSSR count). The van der Waals surface area contributed by atoms with Gasteiger partial charge in [0.1, 0.15) is 0 Å². The highest BCUT2D eigenvalue weighted by molar-refractivity contribution is 14.1. The lowest BCUT2D eigenvalue weighted by molar-refractivity contribution is 0.485. The fourth-order valence-corrected chi connectivity index (χ4v) is 1.39. The Labute approximate surface area is 78.1 Å². The first kappa shape index (κ1) is 10.7. The van der Waals surface area contributed by atoms with Gasteiger partial charge in [0.05, 0.1) is 0 Å². The Morgan fingerprint density at radius 3 is 2.70 bits per heavy atom. The van der Waals surface area contributed by atoms with Crippen molar-refractivity contribution in [3.63, 3.8) is 0 Å². The van der Waals surface area contributed by atoms with E-state index >= 15 is 0 Å². The Balaban J connectivity index is 2.97. The van der Waals surface area contributed by atoms with Gasteiger partial charge in [-0.25, -0.2) is 0 Å². The minimum absolute atomic E-state index is 0.855. The molecule has 62 valence electrons. The first-order valence-corrected chi connectivity index (χ1v) is 5.60. The average molecular weight is 255 g/mol. The van der Waals surface area contributed by atoms with Crippen molar-refractivity contribution in [1.82, 2.24) is 5.32 Å². The molecule has 0 aliphatic heterocycles. The van der Waals surface area contributed by atoms with Crippen LogP contribution in [0.1, 0.15) is 26.7 Å². The second kappa shape index (κ2) is 7.79. The van der Waals surface area contributed by atoms with Crippen LogP contribution in [0.2, 0.25) is 0 Å². The van der Waals surface area contributed by atoms with Gasteiger partial charge in [-0.3, -0.25) is 0 Å². The number of hydrogen-bond donors (Lipinski definition) is 1. The van der Waals surface area contributed by atoms with E-state index < -0.39 is 0 Å². The third-order valence-electron chi connectivity index (χ3n) is 1.55. The molecule has 0 aliphatic carbocycles. The maximum absolute atomic E-state index is 3.41. The van der Waals surface area contributed by atoms with Crippen LogP contribution in [0.3, 0.4) is 0 Å². The number of nitrogens with one attached hydrogen (secondary N) is 1. The summed E-state index contributed by atoms with van der Waals surface area (Å²) in [5, 5.41) is 3.41. The van der Waals surface area contributed by atoms with Crippen molar-refractivity contribution < 1.29 is 0 Å². The lowest BCUT2D eigenvalue weighted by atomic mass is 10.1. The van der Waals surface area contributed by atoms with E-state index in [9.17, 15) is 0 Å². The zero-order valence-corrected chi connectivity index (χ0v) is 9.15. The molecule has 0 saturated heterocycles. The summed E-state index contributed by atoms with van der Waals surface area (Å²) >= 11 is 2.39. The molecule has 0 aromatic rings. The quantitative estimate of drug-likeness (QED) is 0.436. The van der Waals surface area contributed by atoms with E-state index in [1.165, 1.54) is 23.8 Å². The van der Waals surface area contributed by atoms with Crippen LogP contribution in [0.25, 0.3) is 0 Å². The molecule has 0 aliphatic rings. The molecule has 1 nitrogen and oxygen atoms in total. The van der Waals surface area contributed by atoms with Crippen molar-refractivity contribution in [2.45, 2.75) is 26.7 Å². The molecule has 0 aromatic carbocycles. The lowest BCUT2D eigenvalue weighted by Crippen LogP contribution is -2.22. The van der Waals surface area contributed by atoms with Crippen molar-refractivity contribution in [3.8, 4) is 0 Å². The topological polar surface area (TPSA) is 12.0 Å². The molecule has 10 heavy (non-hydrogen) atoms. The normalized spacial score (nSPS) is 13.5. The SMILES string of the molecule is CCCC(C)CNCCI. The Hall–Kier alpha value is 0.690. The molecule has 1 atom stereocenters. The standard InChI is InChI=1S/C8H18IN/c1-3-4-8(2)7-10-6-5-9/h8,10H,3-7H2,1-2H3. The fraction of sp³-hybridized carbons (Fsp3) is 1.00. The molecule has 0 heterocycles. The van der Waals surface area contributed by atoms with E-state index in [0.29, 0.717) is 0 Å². The third-order valence-corrected chi connectivity index (χ3v) is 2.08. The maximum atomic E-state index is 3.41. The van der Waals surface area contributed by atoms with E-state index in [4.69, 9.17) is 0 Å². The predicted molar refractivity (Wildman–Crippen MR) is 55.8 cm³/mol.